The predicted molar refractivity (Wildman–Crippen MR) is 20.4 cm³/mol. The Kier molecular flexibility index (Phi) is 9.71. The van der Waals surface area contributed by atoms with Crippen molar-refractivity contribution in [1.29, 1.82) is 10.5 Å². The molecule has 0 aliphatic heterocycles. The minimum Gasteiger partial charge on any atom is -0.409 e. The predicted octanol–water partition coefficient (Wildman–Crippen LogP) is -3.13. The molecule has 0 aromatic carbocycles. The fourth-order valence-electron chi connectivity index (χ4n) is 0.0697. The Bertz CT molecular complexity index is 146. The third kappa shape index (κ3) is 4.25. The number of rotatable bonds is 0. The van der Waals surface area contributed by atoms with Crippen LogP contribution in [0.25, 0.3) is 0 Å². The molecule has 0 aromatic rings. The summed E-state index contributed by atoms with van der Waals surface area (Å²) in [6.45, 7) is 0. The molecule has 0 spiro atoms. The number of hydrogen-bond donors (Lipinski definition) is 1. The zero-order valence-corrected chi connectivity index (χ0v) is 7.41. The van der Waals surface area contributed by atoms with E-state index >= 15 is 0 Å². The zero-order valence-electron chi connectivity index (χ0n) is 4.29. The van der Waals surface area contributed by atoms with Gasteiger partial charge in [-0.2, -0.15) is 10.5 Å². The molecule has 0 atom stereocenters. The number of nitriles is 2. The van der Waals surface area contributed by atoms with Crippen molar-refractivity contribution in [2.45, 2.75) is 0 Å². The van der Waals surface area contributed by atoms with Gasteiger partial charge in [-0.25, -0.2) is 0 Å². The van der Waals surface area contributed by atoms with E-state index < -0.39 is 5.71 Å². The van der Waals surface area contributed by atoms with Crippen molar-refractivity contribution in [1.82, 2.24) is 0 Å². The van der Waals surface area contributed by atoms with Gasteiger partial charge in [-0.05, 0) is 0 Å². The van der Waals surface area contributed by atoms with E-state index in [0.29, 0.717) is 0 Å². The third-order valence-electron chi connectivity index (χ3n) is 0.312. The van der Waals surface area contributed by atoms with Gasteiger partial charge in [0.1, 0.15) is 12.1 Å². The second-order valence-electron chi connectivity index (χ2n) is 0.672. The summed E-state index contributed by atoms with van der Waals surface area (Å²) < 4.78 is 0. The van der Waals surface area contributed by atoms with Gasteiger partial charge in [0, 0.05) is 0 Å². The molecule has 0 aromatic heterocycles. The van der Waals surface area contributed by atoms with Gasteiger partial charge in [0.05, 0.1) is 0 Å². The first-order valence-electron chi connectivity index (χ1n) is 1.37. The Labute approximate surface area is 88.8 Å². The van der Waals surface area contributed by atoms with Crippen molar-refractivity contribution in [3.8, 4) is 12.1 Å². The molecule has 34 valence electrons. The molecule has 4 nitrogen and oxygen atoms in total. The van der Waals surface area contributed by atoms with Crippen LogP contribution in [-0.2, 0) is 0 Å². The molecule has 0 fully saturated rings. The van der Waals surface area contributed by atoms with Gasteiger partial charge in [0.2, 0.25) is 0 Å². The van der Waals surface area contributed by atoms with E-state index in [9.17, 15) is 0 Å². The Balaban J connectivity index is 0. The van der Waals surface area contributed by atoms with Crippen LogP contribution in [0.2, 0.25) is 0 Å². The minimum absolute atomic E-state index is 0. The van der Waals surface area contributed by atoms with Crippen LogP contribution in [0.15, 0.2) is 5.16 Å². The van der Waals surface area contributed by atoms with E-state index in [1.165, 1.54) is 12.1 Å². The quantitative estimate of drug-likeness (QED) is 0.165. The Hall–Kier alpha value is 0.0864. The van der Waals surface area contributed by atoms with Gasteiger partial charge in [0.25, 0.3) is 5.71 Å². The molecule has 8 heavy (non-hydrogen) atoms. The van der Waals surface area contributed by atoms with Crippen LogP contribution in [0.1, 0.15) is 0 Å². The summed E-state index contributed by atoms with van der Waals surface area (Å²) in [6.07, 6.45) is 0. The van der Waals surface area contributed by atoms with Crippen molar-refractivity contribution in [3.05, 3.63) is 0 Å². The maximum absolute atomic E-state index is 7.76. The van der Waals surface area contributed by atoms with E-state index in [-0.39, 0.29) is 51.4 Å². The standard InChI is InChI=1S/C3HN3O.K/c4-1-3(2-5)6-7;/h7H;/q;+1. The molecule has 0 aliphatic rings. The van der Waals surface area contributed by atoms with E-state index in [0.717, 1.165) is 0 Å². The molecular formula is C3HKN3O+. The summed E-state index contributed by atoms with van der Waals surface area (Å²) in [5, 5.41) is 25.5. The minimum atomic E-state index is -0.528. The SMILES string of the molecule is N#CC(C#N)=NO.[K+]. The van der Waals surface area contributed by atoms with Crippen molar-refractivity contribution >= 4 is 5.71 Å². The van der Waals surface area contributed by atoms with Crippen LogP contribution in [0.5, 0.6) is 0 Å². The maximum atomic E-state index is 7.76. The van der Waals surface area contributed by atoms with Crippen LogP contribution in [0, 0.1) is 22.7 Å². The molecule has 0 saturated heterocycles. The second-order valence-corrected chi connectivity index (χ2v) is 0.672. The van der Waals surface area contributed by atoms with Gasteiger partial charge in [-0.15, -0.1) is 0 Å². The monoisotopic (exact) mass is 134 g/mol. The summed E-state index contributed by atoms with van der Waals surface area (Å²) in [6, 6.07) is 2.68. The topological polar surface area (TPSA) is 80.2 Å². The molecule has 5 heteroatoms. The molecule has 0 bridgehead atoms. The average Bonchev–Trinajstić information content (AvgIpc) is 1.72. The zero-order chi connectivity index (χ0) is 5.70. The summed E-state index contributed by atoms with van der Waals surface area (Å²) >= 11 is 0. The van der Waals surface area contributed by atoms with Crippen molar-refractivity contribution in [3.63, 3.8) is 0 Å². The summed E-state index contributed by atoms with van der Waals surface area (Å²) in [5.41, 5.74) is -0.528. The largest absolute Gasteiger partial charge is 1.00 e. The van der Waals surface area contributed by atoms with Crippen LogP contribution < -0.4 is 51.4 Å². The van der Waals surface area contributed by atoms with Gasteiger partial charge in [-0.1, -0.05) is 5.16 Å². The molecule has 0 unspecified atom stereocenters. The van der Waals surface area contributed by atoms with Crippen molar-refractivity contribution < 1.29 is 56.6 Å². The first-order chi connectivity index (χ1) is 3.35. The van der Waals surface area contributed by atoms with Gasteiger partial charge in [-0.3, -0.25) is 0 Å². The van der Waals surface area contributed by atoms with E-state index in [2.05, 4.69) is 5.16 Å². The number of nitrogens with zero attached hydrogens (tertiary/aromatic N) is 3. The smallest absolute Gasteiger partial charge is 0.409 e. The van der Waals surface area contributed by atoms with E-state index in [4.69, 9.17) is 15.7 Å². The van der Waals surface area contributed by atoms with Crippen LogP contribution in [0.3, 0.4) is 0 Å². The van der Waals surface area contributed by atoms with E-state index in [1.807, 2.05) is 0 Å². The van der Waals surface area contributed by atoms with Gasteiger partial charge < -0.3 is 5.21 Å². The molecule has 1 N–H and O–H groups in total. The fourth-order valence-corrected chi connectivity index (χ4v) is 0.0697. The maximum Gasteiger partial charge on any atom is 1.00 e. The van der Waals surface area contributed by atoms with Gasteiger partial charge >= 0.3 is 51.4 Å². The fraction of sp³-hybridized carbons (Fsp3) is 0. The molecule has 0 amide bonds. The summed E-state index contributed by atoms with van der Waals surface area (Å²) in [4.78, 5) is 0. The first-order valence-corrected chi connectivity index (χ1v) is 1.37. The summed E-state index contributed by atoms with van der Waals surface area (Å²) in [7, 11) is 0. The molecule has 0 heterocycles. The third-order valence-corrected chi connectivity index (χ3v) is 0.312. The molecule has 0 saturated carbocycles. The number of hydrogen-bond acceptors (Lipinski definition) is 4. The normalized spacial score (nSPS) is 4.75. The van der Waals surface area contributed by atoms with Crippen molar-refractivity contribution in [2.24, 2.45) is 5.16 Å². The Morgan fingerprint density at radius 3 is 1.75 bits per heavy atom. The van der Waals surface area contributed by atoms with Gasteiger partial charge in [0.15, 0.2) is 0 Å². The average molecular weight is 134 g/mol. The van der Waals surface area contributed by atoms with Crippen LogP contribution in [-0.4, -0.2) is 10.9 Å². The van der Waals surface area contributed by atoms with Crippen LogP contribution in [0.4, 0.5) is 0 Å². The second kappa shape index (κ2) is 7.09. The summed E-state index contributed by atoms with van der Waals surface area (Å²) in [5.74, 6) is 0. The van der Waals surface area contributed by atoms with Crippen molar-refractivity contribution in [2.75, 3.05) is 0 Å². The molecular weight excluding hydrogens is 133 g/mol. The first kappa shape index (κ1) is 11.0. The van der Waals surface area contributed by atoms with E-state index in [1.54, 1.807) is 0 Å². The molecule has 0 rings (SSSR count). The Morgan fingerprint density at radius 2 is 1.75 bits per heavy atom. The molecule has 0 aliphatic carbocycles. The Morgan fingerprint density at radius 1 is 1.38 bits per heavy atom. The van der Waals surface area contributed by atoms with Crippen LogP contribution >= 0.6 is 0 Å². The molecule has 0 radical (unpaired) electrons. The number of oxime groups is 1.